The molecular formula is C25H40N6O2. The smallest absolute Gasteiger partial charge is 0.318 e. The summed E-state index contributed by atoms with van der Waals surface area (Å²) in [4.78, 5) is 19.9. The van der Waals surface area contributed by atoms with Crippen molar-refractivity contribution in [1.82, 2.24) is 24.9 Å². The predicted octanol–water partition coefficient (Wildman–Crippen LogP) is 3.28. The first-order chi connectivity index (χ1) is 15.7. The van der Waals surface area contributed by atoms with E-state index in [1.807, 2.05) is 55.5 Å². The molecular weight excluding hydrogens is 416 g/mol. The van der Waals surface area contributed by atoms with Crippen LogP contribution in [-0.4, -0.2) is 84.6 Å². The van der Waals surface area contributed by atoms with Crippen molar-refractivity contribution in [3.63, 3.8) is 0 Å². The first kappa shape index (κ1) is 25.1. The Hall–Kier alpha value is -2.58. The second kappa shape index (κ2) is 11.0. The van der Waals surface area contributed by atoms with Gasteiger partial charge in [0.15, 0.2) is 0 Å². The summed E-state index contributed by atoms with van der Waals surface area (Å²) in [7, 11) is 3.85. The average Bonchev–Trinajstić information content (AvgIpc) is 3.09. The van der Waals surface area contributed by atoms with E-state index < -0.39 is 0 Å². The molecule has 0 bridgehead atoms. The summed E-state index contributed by atoms with van der Waals surface area (Å²) in [6.45, 7) is 13.7. The van der Waals surface area contributed by atoms with E-state index in [0.717, 1.165) is 55.4 Å². The highest BCUT2D eigenvalue weighted by Gasteiger charge is 2.28. The molecule has 2 heterocycles. The number of nitrogens with one attached hydrogen (secondary N) is 1. The van der Waals surface area contributed by atoms with Crippen LogP contribution in [0.5, 0.6) is 0 Å². The number of urea groups is 1. The van der Waals surface area contributed by atoms with Crippen LogP contribution < -0.4 is 10.2 Å². The van der Waals surface area contributed by atoms with Gasteiger partial charge < -0.3 is 24.8 Å². The number of ether oxygens (including phenoxy) is 1. The molecule has 0 unspecified atom stereocenters. The van der Waals surface area contributed by atoms with Gasteiger partial charge in [0.25, 0.3) is 0 Å². The van der Waals surface area contributed by atoms with Gasteiger partial charge in [-0.25, -0.2) is 9.48 Å². The van der Waals surface area contributed by atoms with E-state index in [0.29, 0.717) is 19.7 Å². The summed E-state index contributed by atoms with van der Waals surface area (Å²) in [5, 5.41) is 8.06. The molecule has 2 amide bonds. The van der Waals surface area contributed by atoms with Crippen molar-refractivity contribution in [1.29, 1.82) is 0 Å². The van der Waals surface area contributed by atoms with E-state index >= 15 is 0 Å². The first-order valence-electron chi connectivity index (χ1n) is 11.8. The van der Waals surface area contributed by atoms with Crippen molar-refractivity contribution in [2.75, 3.05) is 58.4 Å². The van der Waals surface area contributed by atoms with Crippen LogP contribution in [0.3, 0.4) is 0 Å². The fraction of sp³-hybridized carbons (Fsp3) is 0.600. The summed E-state index contributed by atoms with van der Waals surface area (Å²) in [5.74, 6) is 1.09. The normalized spacial score (nSPS) is 15.0. The maximum Gasteiger partial charge on any atom is 0.318 e. The molecule has 33 heavy (non-hydrogen) atoms. The number of para-hydroxylation sites is 1. The standard InChI is InChI=1S/C25H40N6O2/c1-20-22(19-30(13-10-18-33-6)24(32)26-25(2,3)4)23(29-16-14-28(5)15-17-29)31(27-20)21-11-8-7-9-12-21/h7-9,11-12H,10,13-19H2,1-6H3,(H,26,32). The van der Waals surface area contributed by atoms with Gasteiger partial charge in [-0.05, 0) is 53.3 Å². The number of carbonyl (C=O) groups is 1. The van der Waals surface area contributed by atoms with Crippen LogP contribution in [0.25, 0.3) is 5.69 Å². The van der Waals surface area contributed by atoms with Gasteiger partial charge in [0.1, 0.15) is 5.82 Å². The minimum Gasteiger partial charge on any atom is -0.385 e. The van der Waals surface area contributed by atoms with E-state index in [9.17, 15) is 4.79 Å². The Kier molecular flexibility index (Phi) is 8.37. The molecule has 8 heteroatoms. The lowest BCUT2D eigenvalue weighted by Gasteiger charge is -2.35. The lowest BCUT2D eigenvalue weighted by Crippen LogP contribution is -2.49. The third-order valence-corrected chi connectivity index (χ3v) is 5.86. The zero-order valence-electron chi connectivity index (χ0n) is 21.1. The lowest BCUT2D eigenvalue weighted by molar-refractivity contribution is 0.161. The molecule has 1 aliphatic rings. The lowest BCUT2D eigenvalue weighted by atomic mass is 10.1. The summed E-state index contributed by atoms with van der Waals surface area (Å²) in [5.41, 5.74) is 2.78. The van der Waals surface area contributed by atoms with Crippen LogP contribution in [0.4, 0.5) is 10.6 Å². The van der Waals surface area contributed by atoms with Crippen molar-refractivity contribution >= 4 is 11.8 Å². The molecule has 1 aromatic heterocycles. The minimum atomic E-state index is -0.305. The minimum absolute atomic E-state index is 0.0604. The first-order valence-corrected chi connectivity index (χ1v) is 11.8. The fourth-order valence-corrected chi connectivity index (χ4v) is 4.07. The van der Waals surface area contributed by atoms with E-state index in [-0.39, 0.29) is 11.6 Å². The van der Waals surface area contributed by atoms with Crippen LogP contribution in [0.15, 0.2) is 30.3 Å². The number of piperazine rings is 1. The molecule has 1 aromatic carbocycles. The van der Waals surface area contributed by atoms with E-state index in [1.165, 1.54) is 0 Å². The molecule has 0 radical (unpaired) electrons. The highest BCUT2D eigenvalue weighted by atomic mass is 16.5. The van der Waals surface area contributed by atoms with Crippen molar-refractivity contribution < 1.29 is 9.53 Å². The number of methoxy groups -OCH3 is 1. The number of hydrogen-bond acceptors (Lipinski definition) is 5. The maximum absolute atomic E-state index is 13.2. The Morgan fingerprint density at radius 3 is 2.42 bits per heavy atom. The molecule has 2 aromatic rings. The molecule has 0 aliphatic carbocycles. The van der Waals surface area contributed by atoms with Crippen molar-refractivity contribution in [2.24, 2.45) is 0 Å². The van der Waals surface area contributed by atoms with Crippen molar-refractivity contribution in [3.8, 4) is 5.69 Å². The Morgan fingerprint density at radius 2 is 1.82 bits per heavy atom. The van der Waals surface area contributed by atoms with Crippen LogP contribution in [0.2, 0.25) is 0 Å². The van der Waals surface area contributed by atoms with Crippen LogP contribution in [-0.2, 0) is 11.3 Å². The van der Waals surface area contributed by atoms with E-state index in [2.05, 4.69) is 34.3 Å². The summed E-state index contributed by atoms with van der Waals surface area (Å²) >= 11 is 0. The highest BCUT2D eigenvalue weighted by Crippen LogP contribution is 2.29. The molecule has 8 nitrogen and oxygen atoms in total. The van der Waals surface area contributed by atoms with Crippen LogP contribution in [0, 0.1) is 6.92 Å². The van der Waals surface area contributed by atoms with Gasteiger partial charge in [-0.1, -0.05) is 18.2 Å². The second-order valence-electron chi connectivity index (χ2n) is 9.87. The third-order valence-electron chi connectivity index (χ3n) is 5.86. The zero-order valence-corrected chi connectivity index (χ0v) is 21.1. The third kappa shape index (κ3) is 6.71. The highest BCUT2D eigenvalue weighted by molar-refractivity contribution is 5.75. The van der Waals surface area contributed by atoms with Crippen LogP contribution in [0.1, 0.15) is 38.4 Å². The number of aromatic nitrogens is 2. The van der Waals surface area contributed by atoms with Crippen LogP contribution >= 0.6 is 0 Å². The molecule has 182 valence electrons. The number of carbonyl (C=O) groups excluding carboxylic acids is 1. The Balaban J connectivity index is 1.98. The molecule has 1 fully saturated rings. The molecule has 0 atom stereocenters. The molecule has 0 spiro atoms. The number of anilines is 1. The number of nitrogens with zero attached hydrogens (tertiary/aromatic N) is 5. The molecule has 3 rings (SSSR count). The van der Waals surface area contributed by atoms with Crippen molar-refractivity contribution in [3.05, 3.63) is 41.6 Å². The van der Waals surface area contributed by atoms with Gasteiger partial charge in [-0.2, -0.15) is 5.10 Å². The summed E-state index contributed by atoms with van der Waals surface area (Å²) in [6.07, 6.45) is 0.782. The van der Waals surface area contributed by atoms with Crippen molar-refractivity contribution in [2.45, 2.75) is 46.2 Å². The summed E-state index contributed by atoms with van der Waals surface area (Å²) in [6, 6.07) is 10.2. The average molecular weight is 457 g/mol. The number of aryl methyl sites for hydroxylation is 1. The molecule has 1 aliphatic heterocycles. The molecule has 1 saturated heterocycles. The van der Waals surface area contributed by atoms with Gasteiger partial charge in [0, 0.05) is 57.5 Å². The molecule has 0 saturated carbocycles. The predicted molar refractivity (Wildman–Crippen MR) is 133 cm³/mol. The SMILES string of the molecule is COCCCN(Cc1c(C)nn(-c2ccccc2)c1N1CCN(C)CC1)C(=O)NC(C)(C)C. The molecule has 1 N–H and O–H groups in total. The maximum atomic E-state index is 13.2. The second-order valence-corrected chi connectivity index (χ2v) is 9.87. The van der Waals surface area contributed by atoms with E-state index in [1.54, 1.807) is 7.11 Å². The number of amides is 2. The number of hydrogen-bond donors (Lipinski definition) is 1. The largest absolute Gasteiger partial charge is 0.385 e. The Morgan fingerprint density at radius 1 is 1.15 bits per heavy atom. The fourth-order valence-electron chi connectivity index (χ4n) is 4.07. The number of likely N-dealkylation sites (N-methyl/N-ethyl adjacent to an activating group) is 1. The van der Waals surface area contributed by atoms with Gasteiger partial charge in [0.05, 0.1) is 17.9 Å². The number of benzene rings is 1. The van der Waals surface area contributed by atoms with Gasteiger partial charge in [0.2, 0.25) is 0 Å². The number of rotatable bonds is 8. The van der Waals surface area contributed by atoms with Gasteiger partial charge in [-0.3, -0.25) is 0 Å². The monoisotopic (exact) mass is 456 g/mol. The zero-order chi connectivity index (χ0) is 24.0. The van der Waals surface area contributed by atoms with E-state index in [4.69, 9.17) is 9.84 Å². The quantitative estimate of drug-likeness (QED) is 0.618. The summed E-state index contributed by atoms with van der Waals surface area (Å²) < 4.78 is 7.30. The van der Waals surface area contributed by atoms with Gasteiger partial charge in [-0.15, -0.1) is 0 Å². The Bertz CT molecular complexity index is 898. The van der Waals surface area contributed by atoms with Gasteiger partial charge >= 0.3 is 6.03 Å². The Labute approximate surface area is 198 Å². The topological polar surface area (TPSA) is 65.9 Å².